The summed E-state index contributed by atoms with van der Waals surface area (Å²) in [7, 11) is 0. The minimum atomic E-state index is -1.64. The first-order valence-electron chi connectivity index (χ1n) is 11.3. The van der Waals surface area contributed by atoms with Crippen LogP contribution in [0.5, 0.6) is 0 Å². The van der Waals surface area contributed by atoms with Gasteiger partial charge in [-0.25, -0.2) is 4.79 Å². The van der Waals surface area contributed by atoms with Gasteiger partial charge in [-0.2, -0.15) is 0 Å². The zero-order valence-electron chi connectivity index (χ0n) is 20.4. The second-order valence-electron chi connectivity index (χ2n) is 8.18. The van der Waals surface area contributed by atoms with Gasteiger partial charge in [0.15, 0.2) is 5.96 Å². The summed E-state index contributed by atoms with van der Waals surface area (Å²) < 4.78 is 0. The first-order valence-corrected chi connectivity index (χ1v) is 11.3. The molecule has 0 aromatic heterocycles. The molecule has 210 valence electrons. The number of nitrogens with one attached hydrogen (secondary N) is 3. The molecular weight excluding hydrogens is 496 g/mol. The van der Waals surface area contributed by atoms with Crippen molar-refractivity contribution < 1.29 is 44.1 Å². The molecule has 0 bridgehead atoms. The maximum absolute atomic E-state index is 12.9. The average molecular weight is 533 g/mol. The third-order valence-corrected chi connectivity index (χ3v) is 4.94. The zero-order valence-corrected chi connectivity index (χ0v) is 20.4. The van der Waals surface area contributed by atoms with Crippen molar-refractivity contribution in [2.24, 2.45) is 27.9 Å². The fourth-order valence-corrected chi connectivity index (χ4v) is 2.93. The van der Waals surface area contributed by atoms with Crippen LogP contribution < -0.4 is 38.9 Å². The highest BCUT2D eigenvalue weighted by atomic mass is 16.4. The van der Waals surface area contributed by atoms with E-state index >= 15 is 0 Å². The van der Waals surface area contributed by atoms with Gasteiger partial charge < -0.3 is 54.2 Å². The van der Waals surface area contributed by atoms with E-state index in [1.54, 1.807) is 0 Å². The second kappa shape index (κ2) is 16.6. The first kappa shape index (κ1) is 33.0. The van der Waals surface area contributed by atoms with Crippen LogP contribution in [-0.4, -0.2) is 93.7 Å². The minimum Gasteiger partial charge on any atom is -0.481 e. The molecule has 5 atom stereocenters. The molecule has 0 aromatic carbocycles. The normalized spacial score (nSPS) is 14.7. The molecule has 14 N–H and O–H groups in total. The summed E-state index contributed by atoms with van der Waals surface area (Å²) >= 11 is 0. The molecule has 0 aliphatic rings. The Labute approximate surface area is 212 Å². The number of rotatable bonds is 18. The number of aliphatic imine (C=N–C) groups is 1. The highest BCUT2D eigenvalue weighted by Gasteiger charge is 2.32. The number of nitrogens with two attached hydrogens (primary N) is 4. The monoisotopic (exact) mass is 532 g/mol. The number of primary amides is 1. The summed E-state index contributed by atoms with van der Waals surface area (Å²) in [4.78, 5) is 74.8. The number of aliphatic hydroxyl groups excluding tert-OH is 1. The van der Waals surface area contributed by atoms with E-state index in [1.165, 1.54) is 0 Å². The van der Waals surface area contributed by atoms with Crippen molar-refractivity contribution in [3.63, 3.8) is 0 Å². The molecule has 0 saturated carbocycles. The molecule has 17 nitrogen and oxygen atoms in total. The van der Waals surface area contributed by atoms with Gasteiger partial charge in [-0.05, 0) is 32.6 Å². The smallest absolute Gasteiger partial charge is 0.326 e. The number of hydrogen-bond acceptors (Lipinski definition) is 9. The van der Waals surface area contributed by atoms with Crippen LogP contribution >= 0.6 is 0 Å². The predicted octanol–water partition coefficient (Wildman–Crippen LogP) is -4.58. The Hall–Kier alpha value is -3.99. The van der Waals surface area contributed by atoms with Gasteiger partial charge in [-0.3, -0.25) is 29.0 Å². The molecule has 0 aliphatic heterocycles. The minimum absolute atomic E-state index is 0.0372. The van der Waals surface area contributed by atoms with Crippen LogP contribution in [0.2, 0.25) is 0 Å². The predicted molar refractivity (Wildman–Crippen MR) is 128 cm³/mol. The standard InChI is InChI=1S/C20H36N8O9/c1-9(29)15(18(35)27-12(19(36)37)5-6-13(22)30)28-17(34)11(3-2-8-25-20(23)24)26-16(33)10(21)4-7-14(31)32/h9-12,15,29H,2-8,21H2,1H3,(H2,22,30)(H,26,33)(H,27,35)(H,28,34)(H,31,32)(H,36,37)(H4,23,24,25). The maximum Gasteiger partial charge on any atom is 0.326 e. The number of guanidine groups is 1. The number of aliphatic carboxylic acids is 2. The number of carbonyl (C=O) groups is 6. The molecule has 37 heavy (non-hydrogen) atoms. The quantitative estimate of drug-likeness (QED) is 0.0453. The Morgan fingerprint density at radius 2 is 1.41 bits per heavy atom. The topological polar surface area (TPSA) is 316 Å². The molecule has 5 unspecified atom stereocenters. The number of carbonyl (C=O) groups excluding carboxylic acids is 4. The van der Waals surface area contributed by atoms with E-state index in [0.717, 1.165) is 6.92 Å². The van der Waals surface area contributed by atoms with Crippen molar-refractivity contribution in [3.8, 4) is 0 Å². The van der Waals surface area contributed by atoms with Crippen LogP contribution in [-0.2, 0) is 28.8 Å². The van der Waals surface area contributed by atoms with Crippen molar-refractivity contribution in [1.29, 1.82) is 0 Å². The van der Waals surface area contributed by atoms with E-state index in [1.807, 2.05) is 0 Å². The molecule has 0 spiro atoms. The van der Waals surface area contributed by atoms with Gasteiger partial charge >= 0.3 is 11.9 Å². The van der Waals surface area contributed by atoms with Crippen LogP contribution in [0.1, 0.15) is 45.4 Å². The summed E-state index contributed by atoms with van der Waals surface area (Å²) in [5.41, 5.74) is 21.2. The first-order chi connectivity index (χ1) is 17.1. The third kappa shape index (κ3) is 14.2. The van der Waals surface area contributed by atoms with Crippen LogP contribution in [0.25, 0.3) is 0 Å². The zero-order chi connectivity index (χ0) is 28.7. The number of carboxylic acid groups (broad SMARTS) is 2. The van der Waals surface area contributed by atoms with Crippen LogP contribution in [0.15, 0.2) is 4.99 Å². The summed E-state index contributed by atoms with van der Waals surface area (Å²) in [6.07, 6.45) is -2.59. The third-order valence-electron chi connectivity index (χ3n) is 4.94. The Kier molecular flexibility index (Phi) is 14.8. The molecule has 4 amide bonds. The molecule has 0 fully saturated rings. The molecule has 0 rings (SSSR count). The van der Waals surface area contributed by atoms with Crippen LogP contribution in [0.3, 0.4) is 0 Å². The van der Waals surface area contributed by atoms with Gasteiger partial charge in [0, 0.05) is 19.4 Å². The van der Waals surface area contributed by atoms with E-state index < -0.39 is 65.8 Å². The lowest BCUT2D eigenvalue weighted by molar-refractivity contribution is -0.143. The number of aliphatic hydroxyl groups is 1. The van der Waals surface area contributed by atoms with E-state index in [0.29, 0.717) is 0 Å². The average Bonchev–Trinajstić information content (AvgIpc) is 2.79. The molecule has 17 heteroatoms. The SMILES string of the molecule is CC(O)C(NC(=O)C(CCCN=C(N)N)NC(=O)C(N)CCC(=O)O)C(=O)NC(CCC(N)=O)C(=O)O. The Morgan fingerprint density at radius 3 is 1.89 bits per heavy atom. The lowest BCUT2D eigenvalue weighted by atomic mass is 10.1. The van der Waals surface area contributed by atoms with Crippen molar-refractivity contribution in [2.75, 3.05) is 6.54 Å². The van der Waals surface area contributed by atoms with Crippen molar-refractivity contribution >= 4 is 41.5 Å². The van der Waals surface area contributed by atoms with Crippen molar-refractivity contribution in [2.45, 2.75) is 75.7 Å². The number of nitrogens with zero attached hydrogens (tertiary/aromatic N) is 1. The molecule has 0 aromatic rings. The lowest BCUT2D eigenvalue weighted by Crippen LogP contribution is -2.59. The Bertz CT molecular complexity index is 861. The molecular formula is C20H36N8O9. The van der Waals surface area contributed by atoms with E-state index in [9.17, 15) is 39.0 Å². The number of hydrogen-bond donors (Lipinski definition) is 10. The highest BCUT2D eigenvalue weighted by molar-refractivity contribution is 5.94. The van der Waals surface area contributed by atoms with Gasteiger partial charge in [0.05, 0.1) is 12.1 Å². The molecule has 0 aliphatic carbocycles. The highest BCUT2D eigenvalue weighted by Crippen LogP contribution is 2.05. The molecule has 0 heterocycles. The van der Waals surface area contributed by atoms with Gasteiger partial charge in [0.2, 0.25) is 23.6 Å². The van der Waals surface area contributed by atoms with Crippen molar-refractivity contribution in [1.82, 2.24) is 16.0 Å². The summed E-state index contributed by atoms with van der Waals surface area (Å²) in [5, 5.41) is 34.8. The molecule has 0 saturated heterocycles. The summed E-state index contributed by atoms with van der Waals surface area (Å²) in [5.74, 6) is -6.45. The van der Waals surface area contributed by atoms with Gasteiger partial charge in [0.25, 0.3) is 0 Å². The van der Waals surface area contributed by atoms with E-state index in [-0.39, 0.29) is 51.0 Å². The van der Waals surface area contributed by atoms with Crippen molar-refractivity contribution in [3.05, 3.63) is 0 Å². The van der Waals surface area contributed by atoms with E-state index in [2.05, 4.69) is 20.9 Å². The van der Waals surface area contributed by atoms with Crippen LogP contribution in [0, 0.1) is 0 Å². The second-order valence-corrected chi connectivity index (χ2v) is 8.18. The maximum atomic E-state index is 12.9. The fourth-order valence-electron chi connectivity index (χ4n) is 2.93. The summed E-state index contributed by atoms with van der Waals surface area (Å²) in [6.45, 7) is 1.26. The van der Waals surface area contributed by atoms with E-state index in [4.69, 9.17) is 28.0 Å². The summed E-state index contributed by atoms with van der Waals surface area (Å²) in [6, 6.07) is -5.71. The van der Waals surface area contributed by atoms with Gasteiger partial charge in [-0.15, -0.1) is 0 Å². The molecule has 0 radical (unpaired) electrons. The fraction of sp³-hybridized carbons (Fsp3) is 0.650. The van der Waals surface area contributed by atoms with Crippen LogP contribution in [0.4, 0.5) is 0 Å². The number of amides is 4. The van der Waals surface area contributed by atoms with Gasteiger partial charge in [-0.1, -0.05) is 0 Å². The lowest BCUT2D eigenvalue weighted by Gasteiger charge is -2.26. The largest absolute Gasteiger partial charge is 0.481 e. The Morgan fingerprint density at radius 1 is 0.811 bits per heavy atom. The number of carboxylic acids is 2. The van der Waals surface area contributed by atoms with Gasteiger partial charge in [0.1, 0.15) is 18.1 Å². The Balaban J connectivity index is 5.54.